The summed E-state index contributed by atoms with van der Waals surface area (Å²) < 4.78 is 13.3. The third-order valence-electron chi connectivity index (χ3n) is 4.35. The number of nitrogens with zero attached hydrogens (tertiary/aromatic N) is 1. The van der Waals surface area contributed by atoms with Gasteiger partial charge in [-0.1, -0.05) is 18.2 Å². The first-order valence-corrected chi connectivity index (χ1v) is 8.57. The molecule has 25 heavy (non-hydrogen) atoms. The second-order valence-corrected chi connectivity index (χ2v) is 6.15. The van der Waals surface area contributed by atoms with Crippen molar-refractivity contribution in [3.8, 4) is 0 Å². The topological polar surface area (TPSA) is 49.4 Å². The lowest BCUT2D eigenvalue weighted by Gasteiger charge is -2.29. The summed E-state index contributed by atoms with van der Waals surface area (Å²) in [6.07, 6.45) is 2.56. The molecule has 2 aromatic rings. The maximum atomic E-state index is 13.3. The van der Waals surface area contributed by atoms with Crippen molar-refractivity contribution < 1.29 is 14.0 Å². The summed E-state index contributed by atoms with van der Waals surface area (Å²) in [5.74, 6) is -0.384. The van der Waals surface area contributed by atoms with E-state index in [0.29, 0.717) is 31.5 Å². The van der Waals surface area contributed by atoms with Gasteiger partial charge in [-0.2, -0.15) is 0 Å². The molecule has 1 N–H and O–H groups in total. The first-order chi connectivity index (χ1) is 12.1. The zero-order valence-electron chi connectivity index (χ0n) is 14.0. The Labute approximate surface area is 146 Å². The maximum Gasteiger partial charge on any atom is 0.251 e. The molecule has 0 atom stereocenters. The van der Waals surface area contributed by atoms with Crippen LogP contribution in [0.15, 0.2) is 48.5 Å². The minimum absolute atomic E-state index is 0.0153. The Balaban J connectivity index is 1.50. The number of hydrogen-bond acceptors (Lipinski definition) is 2. The summed E-state index contributed by atoms with van der Waals surface area (Å²) in [7, 11) is 0. The summed E-state index contributed by atoms with van der Waals surface area (Å²) >= 11 is 0. The third kappa shape index (κ3) is 4.24. The van der Waals surface area contributed by atoms with Gasteiger partial charge in [-0.25, -0.2) is 4.39 Å². The molecule has 0 fully saturated rings. The highest BCUT2D eigenvalue weighted by Crippen LogP contribution is 2.28. The van der Waals surface area contributed by atoms with Gasteiger partial charge in [0, 0.05) is 30.8 Å². The zero-order valence-corrected chi connectivity index (χ0v) is 14.0. The summed E-state index contributed by atoms with van der Waals surface area (Å²) in [5.41, 5.74) is 2.31. The van der Waals surface area contributed by atoms with Crippen molar-refractivity contribution in [1.82, 2.24) is 5.32 Å². The smallest absolute Gasteiger partial charge is 0.251 e. The van der Waals surface area contributed by atoms with Gasteiger partial charge in [-0.15, -0.1) is 0 Å². The van der Waals surface area contributed by atoms with E-state index < -0.39 is 0 Å². The molecule has 1 aliphatic rings. The summed E-state index contributed by atoms with van der Waals surface area (Å²) in [6.45, 7) is 1.11. The van der Waals surface area contributed by atoms with Crippen molar-refractivity contribution >= 4 is 17.5 Å². The Hall–Kier alpha value is -2.69. The van der Waals surface area contributed by atoms with Gasteiger partial charge < -0.3 is 10.2 Å². The molecular formula is C20H21FN2O2. The molecule has 0 radical (unpaired) electrons. The van der Waals surface area contributed by atoms with Gasteiger partial charge in [0.05, 0.1) is 0 Å². The molecule has 4 nitrogen and oxygen atoms in total. The summed E-state index contributed by atoms with van der Waals surface area (Å²) in [4.78, 5) is 26.2. The maximum absolute atomic E-state index is 13.3. The molecule has 0 spiro atoms. The molecule has 0 saturated carbocycles. The minimum Gasteiger partial charge on any atom is -0.352 e. The molecule has 2 amide bonds. The van der Waals surface area contributed by atoms with Crippen LogP contribution in [0.3, 0.4) is 0 Å². The van der Waals surface area contributed by atoms with Crippen molar-refractivity contribution in [3.05, 3.63) is 65.5 Å². The lowest BCUT2D eigenvalue weighted by molar-refractivity contribution is -0.118. The van der Waals surface area contributed by atoms with Gasteiger partial charge in [-0.3, -0.25) is 9.59 Å². The van der Waals surface area contributed by atoms with Gasteiger partial charge in [0.2, 0.25) is 5.91 Å². The fraction of sp³-hybridized carbons (Fsp3) is 0.300. The van der Waals surface area contributed by atoms with Crippen molar-refractivity contribution in [2.75, 3.05) is 18.0 Å². The van der Waals surface area contributed by atoms with Crippen LogP contribution >= 0.6 is 0 Å². The molecule has 0 aromatic heterocycles. The van der Waals surface area contributed by atoms with Gasteiger partial charge in [-0.05, 0) is 55.2 Å². The van der Waals surface area contributed by atoms with Gasteiger partial charge >= 0.3 is 0 Å². The first kappa shape index (κ1) is 17.1. The fourth-order valence-electron chi connectivity index (χ4n) is 3.09. The van der Waals surface area contributed by atoms with E-state index >= 15 is 0 Å². The molecule has 1 aliphatic heterocycles. The molecular weight excluding hydrogens is 319 g/mol. The average molecular weight is 340 g/mol. The van der Waals surface area contributed by atoms with E-state index in [4.69, 9.17) is 0 Å². The quantitative estimate of drug-likeness (QED) is 0.849. The number of benzene rings is 2. The van der Waals surface area contributed by atoms with E-state index in [9.17, 15) is 14.0 Å². The van der Waals surface area contributed by atoms with Crippen LogP contribution in [0, 0.1) is 5.82 Å². The van der Waals surface area contributed by atoms with E-state index in [0.717, 1.165) is 24.1 Å². The largest absolute Gasteiger partial charge is 0.352 e. The number of carbonyl (C=O) groups excluding carboxylic acids is 2. The van der Waals surface area contributed by atoms with E-state index in [2.05, 4.69) is 5.32 Å². The number of aryl methyl sites for hydroxylation is 1. The average Bonchev–Trinajstić information content (AvgIpc) is 2.64. The molecule has 2 aromatic carbocycles. The second kappa shape index (κ2) is 7.92. The number of hydrogen-bond donors (Lipinski definition) is 1. The molecule has 130 valence electrons. The number of amides is 2. The minimum atomic E-state index is -0.267. The van der Waals surface area contributed by atoms with E-state index in [1.807, 2.05) is 18.2 Å². The van der Waals surface area contributed by atoms with Crippen LogP contribution in [-0.2, 0) is 11.2 Å². The fourth-order valence-corrected chi connectivity index (χ4v) is 3.09. The number of rotatable bonds is 5. The molecule has 0 unspecified atom stereocenters. The highest BCUT2D eigenvalue weighted by atomic mass is 19.1. The van der Waals surface area contributed by atoms with E-state index in [-0.39, 0.29) is 17.6 Å². The van der Waals surface area contributed by atoms with Crippen molar-refractivity contribution in [1.29, 1.82) is 0 Å². The monoisotopic (exact) mass is 340 g/mol. The van der Waals surface area contributed by atoms with Crippen LogP contribution in [0.5, 0.6) is 0 Å². The Morgan fingerprint density at radius 2 is 1.92 bits per heavy atom. The predicted molar refractivity (Wildman–Crippen MR) is 95.1 cm³/mol. The summed E-state index contributed by atoms with van der Waals surface area (Å²) in [5, 5.41) is 2.82. The predicted octanol–water partition coefficient (Wildman–Crippen LogP) is 3.32. The number of carbonyl (C=O) groups is 2. The summed E-state index contributed by atoms with van der Waals surface area (Å²) in [6, 6.07) is 13.6. The molecule has 3 rings (SSSR count). The highest BCUT2D eigenvalue weighted by Gasteiger charge is 2.22. The number of halogens is 1. The van der Waals surface area contributed by atoms with Gasteiger partial charge in [0.1, 0.15) is 5.82 Å². The lowest BCUT2D eigenvalue weighted by atomic mass is 10.0. The number of fused-ring (bicyclic) bond motifs is 1. The SMILES string of the molecule is O=C(NCCCC(=O)N1CCCc2cc(F)ccc21)c1ccccc1. The standard InChI is InChI=1S/C20H21FN2O2/c21-17-10-11-18-16(14-17)8-5-13-23(18)19(24)9-4-12-22-20(25)15-6-2-1-3-7-15/h1-3,6-7,10-11,14H,4-5,8-9,12-13H2,(H,22,25). The van der Waals surface area contributed by atoms with Crippen molar-refractivity contribution in [2.45, 2.75) is 25.7 Å². The number of nitrogens with one attached hydrogen (secondary N) is 1. The van der Waals surface area contributed by atoms with Crippen molar-refractivity contribution in [3.63, 3.8) is 0 Å². The third-order valence-corrected chi connectivity index (χ3v) is 4.35. The lowest BCUT2D eigenvalue weighted by Crippen LogP contribution is -2.36. The molecule has 1 heterocycles. The van der Waals surface area contributed by atoms with E-state index in [1.54, 1.807) is 23.1 Å². The van der Waals surface area contributed by atoms with Crippen LogP contribution in [0.2, 0.25) is 0 Å². The van der Waals surface area contributed by atoms with Crippen LogP contribution < -0.4 is 10.2 Å². The highest BCUT2D eigenvalue weighted by molar-refractivity contribution is 5.95. The Kier molecular flexibility index (Phi) is 5.43. The number of anilines is 1. The zero-order chi connectivity index (χ0) is 17.6. The van der Waals surface area contributed by atoms with Crippen LogP contribution in [0.25, 0.3) is 0 Å². The van der Waals surface area contributed by atoms with E-state index in [1.165, 1.54) is 12.1 Å². The van der Waals surface area contributed by atoms with Gasteiger partial charge in [0.15, 0.2) is 0 Å². The normalized spacial score (nSPS) is 13.2. The Morgan fingerprint density at radius 1 is 1.12 bits per heavy atom. The Morgan fingerprint density at radius 3 is 2.72 bits per heavy atom. The molecule has 0 aliphatic carbocycles. The van der Waals surface area contributed by atoms with Crippen LogP contribution in [-0.4, -0.2) is 24.9 Å². The van der Waals surface area contributed by atoms with Crippen LogP contribution in [0.4, 0.5) is 10.1 Å². The van der Waals surface area contributed by atoms with Crippen LogP contribution in [0.1, 0.15) is 35.2 Å². The second-order valence-electron chi connectivity index (χ2n) is 6.15. The molecule has 5 heteroatoms. The van der Waals surface area contributed by atoms with Gasteiger partial charge in [0.25, 0.3) is 5.91 Å². The molecule has 0 saturated heterocycles. The first-order valence-electron chi connectivity index (χ1n) is 8.57. The Bertz CT molecular complexity index is 762. The van der Waals surface area contributed by atoms with Crippen molar-refractivity contribution in [2.24, 2.45) is 0 Å². The molecule has 0 bridgehead atoms.